The predicted octanol–water partition coefficient (Wildman–Crippen LogP) is 12.1. The molecular weight excluding hydrogens is 857 g/mol. The van der Waals surface area contributed by atoms with Gasteiger partial charge in [-0.1, -0.05) is 41.5 Å². The largest absolute Gasteiger partial charge is 0.469 e. The smallest absolute Gasteiger partial charge is 0.305 e. The first-order valence-corrected chi connectivity index (χ1v) is 28.1. The maximum Gasteiger partial charge on any atom is 0.305 e. The van der Waals surface area contributed by atoms with Crippen LogP contribution in [0.4, 0.5) is 0 Å². The highest BCUT2D eigenvalue weighted by molar-refractivity contribution is 5.69. The van der Waals surface area contributed by atoms with E-state index in [9.17, 15) is 19.2 Å². The lowest BCUT2D eigenvalue weighted by atomic mass is 9.43. The maximum atomic E-state index is 12.7. The summed E-state index contributed by atoms with van der Waals surface area (Å²) in [5, 5.41) is 0. The lowest BCUT2D eigenvalue weighted by Crippen LogP contribution is -2.59. The molecule has 0 aromatic heterocycles. The average Bonchev–Trinajstić information content (AvgIpc) is 3.86. The van der Waals surface area contributed by atoms with Gasteiger partial charge in [0.15, 0.2) is 0 Å². The fourth-order valence-electron chi connectivity index (χ4n) is 19.3. The van der Waals surface area contributed by atoms with Crippen molar-refractivity contribution < 1.29 is 47.6 Å². The van der Waals surface area contributed by atoms with E-state index in [1.807, 2.05) is 0 Å². The Kier molecular flexibility index (Phi) is 16.2. The van der Waals surface area contributed by atoms with E-state index < -0.39 is 0 Å². The summed E-state index contributed by atoms with van der Waals surface area (Å²) in [4.78, 5) is 49.5. The monoisotopic (exact) mass is 951 g/mol. The number of methoxy groups -OCH3 is 2. The third-order valence-corrected chi connectivity index (χ3v) is 22.8. The molecule has 0 heterocycles. The summed E-state index contributed by atoms with van der Waals surface area (Å²) in [6.07, 6.45) is 23.7. The quantitative estimate of drug-likeness (QED) is 0.0791. The lowest BCUT2D eigenvalue weighted by Gasteiger charge is -2.63. The Labute approximate surface area is 411 Å². The molecule has 20 atom stereocenters. The summed E-state index contributed by atoms with van der Waals surface area (Å²) < 4.78 is 36.1. The molecule has 0 aromatic carbocycles. The molecule has 0 aliphatic heterocycles. The average molecular weight is 951 g/mol. The van der Waals surface area contributed by atoms with Crippen molar-refractivity contribution in [2.24, 2.45) is 92.7 Å². The Morgan fingerprint density at radius 3 is 1.28 bits per heavy atom. The van der Waals surface area contributed by atoms with Gasteiger partial charge in [-0.3, -0.25) is 19.2 Å². The third-order valence-electron chi connectivity index (χ3n) is 22.8. The molecule has 68 heavy (non-hydrogen) atoms. The molecule has 0 spiro atoms. The molecule has 6 unspecified atom stereocenters. The van der Waals surface area contributed by atoms with Crippen molar-refractivity contribution in [1.29, 1.82) is 0 Å². The molecule has 8 saturated carbocycles. The van der Waals surface area contributed by atoms with Crippen LogP contribution in [-0.4, -0.2) is 75.7 Å². The molecule has 8 fully saturated rings. The molecule has 0 amide bonds. The van der Waals surface area contributed by atoms with Gasteiger partial charge in [-0.2, -0.15) is 0 Å². The maximum absolute atomic E-state index is 12.7. The molecule has 0 bridgehead atoms. The molecule has 8 rings (SSSR count). The van der Waals surface area contributed by atoms with E-state index in [-0.39, 0.29) is 57.7 Å². The van der Waals surface area contributed by atoms with Crippen LogP contribution in [0.3, 0.4) is 0 Å². The Balaban J connectivity index is 0.791. The van der Waals surface area contributed by atoms with E-state index in [0.29, 0.717) is 96.1 Å². The second kappa shape index (κ2) is 21.1. The highest BCUT2D eigenvalue weighted by Gasteiger charge is 2.67. The number of unbranched alkanes of at least 4 members (excludes halogenated alkanes) is 1. The summed E-state index contributed by atoms with van der Waals surface area (Å²) in [5.74, 6) is 5.90. The van der Waals surface area contributed by atoms with Gasteiger partial charge >= 0.3 is 23.9 Å². The minimum absolute atomic E-state index is 0.0580. The van der Waals surface area contributed by atoms with Gasteiger partial charge in [-0.15, -0.1) is 0 Å². The normalized spacial score (nSPS) is 44.6. The van der Waals surface area contributed by atoms with Gasteiger partial charge in [0.2, 0.25) is 0 Å². The highest BCUT2D eigenvalue weighted by atomic mass is 16.6. The van der Waals surface area contributed by atoms with Crippen molar-refractivity contribution in [1.82, 2.24) is 0 Å². The molecule has 8 aliphatic rings. The van der Waals surface area contributed by atoms with Gasteiger partial charge in [-0.25, -0.2) is 0 Å². The van der Waals surface area contributed by atoms with Gasteiger partial charge in [0.25, 0.3) is 0 Å². The molecule has 0 radical (unpaired) electrons. The molecule has 0 saturated heterocycles. The Morgan fingerprint density at radius 1 is 0.515 bits per heavy atom. The molecule has 10 heteroatoms. The highest BCUT2D eigenvalue weighted by Crippen LogP contribution is 2.71. The first-order chi connectivity index (χ1) is 32.4. The SMILES string of the molecule is COC(=O)CC[C@@H](C)[C@H]1CCC2C3CC[C@@H]4C[C@@H](OCCCCO[C@H]5CC[C@]6(C)C7C[C@H](OC(C)=O)[C@@]8(C)C(CC[C@@H]8[C@H](C)CCC(=O)OC)C7CC[C@@H]6C5)CC[C@]4(C)C3C[C@H](OC(C)=O)[C@@]21C. The van der Waals surface area contributed by atoms with E-state index in [1.54, 1.807) is 13.8 Å². The van der Waals surface area contributed by atoms with Crippen molar-refractivity contribution in [2.45, 2.75) is 221 Å². The summed E-state index contributed by atoms with van der Waals surface area (Å²) in [5.41, 5.74) is 0.372. The van der Waals surface area contributed by atoms with E-state index in [1.165, 1.54) is 65.6 Å². The van der Waals surface area contributed by atoms with Crippen LogP contribution in [0.15, 0.2) is 0 Å². The number of esters is 4. The van der Waals surface area contributed by atoms with Crippen molar-refractivity contribution in [3.8, 4) is 0 Å². The number of hydrogen-bond donors (Lipinski definition) is 0. The molecular formula is C58H94O10. The molecule has 10 nitrogen and oxygen atoms in total. The topological polar surface area (TPSA) is 124 Å². The van der Waals surface area contributed by atoms with Crippen LogP contribution in [0.1, 0.15) is 197 Å². The Hall–Kier alpha value is -2.20. The lowest BCUT2D eigenvalue weighted by molar-refractivity contribution is -0.198. The number of fused-ring (bicyclic) bond motifs is 10. The fraction of sp³-hybridized carbons (Fsp3) is 0.931. The number of hydrogen-bond acceptors (Lipinski definition) is 10. The Morgan fingerprint density at radius 2 is 0.912 bits per heavy atom. The van der Waals surface area contributed by atoms with Crippen LogP contribution >= 0.6 is 0 Å². The number of rotatable bonds is 17. The van der Waals surface area contributed by atoms with Gasteiger partial charge in [-0.05, 0) is 210 Å². The van der Waals surface area contributed by atoms with E-state index >= 15 is 0 Å². The third kappa shape index (κ3) is 9.73. The summed E-state index contributed by atoms with van der Waals surface area (Å²) in [6, 6.07) is 0. The molecule has 0 aromatic rings. The fourth-order valence-corrected chi connectivity index (χ4v) is 19.3. The van der Waals surface area contributed by atoms with Crippen LogP contribution in [0.25, 0.3) is 0 Å². The van der Waals surface area contributed by atoms with E-state index in [2.05, 4.69) is 41.5 Å². The molecule has 0 N–H and O–H groups in total. The minimum Gasteiger partial charge on any atom is -0.469 e. The van der Waals surface area contributed by atoms with Crippen molar-refractivity contribution >= 4 is 23.9 Å². The van der Waals surface area contributed by atoms with E-state index in [0.717, 1.165) is 90.3 Å². The van der Waals surface area contributed by atoms with Gasteiger partial charge in [0.05, 0.1) is 26.4 Å². The molecule has 8 aliphatic carbocycles. The second-order valence-electron chi connectivity index (χ2n) is 25.5. The zero-order valence-corrected chi connectivity index (χ0v) is 44.3. The zero-order chi connectivity index (χ0) is 48.8. The van der Waals surface area contributed by atoms with Gasteiger partial charge in [0, 0.05) is 50.7 Å². The van der Waals surface area contributed by atoms with E-state index in [4.69, 9.17) is 28.4 Å². The summed E-state index contributed by atoms with van der Waals surface area (Å²) >= 11 is 0. The van der Waals surface area contributed by atoms with Crippen molar-refractivity contribution in [2.75, 3.05) is 27.4 Å². The Bertz CT molecular complexity index is 1660. The second-order valence-corrected chi connectivity index (χ2v) is 25.5. The first-order valence-electron chi connectivity index (χ1n) is 28.1. The van der Waals surface area contributed by atoms with Crippen molar-refractivity contribution in [3.05, 3.63) is 0 Å². The van der Waals surface area contributed by atoms with Crippen LogP contribution in [0, 0.1) is 92.7 Å². The number of carbonyl (C=O) groups is 4. The zero-order valence-electron chi connectivity index (χ0n) is 44.3. The van der Waals surface area contributed by atoms with Crippen molar-refractivity contribution in [3.63, 3.8) is 0 Å². The van der Waals surface area contributed by atoms with Crippen LogP contribution < -0.4 is 0 Å². The van der Waals surface area contributed by atoms with Crippen LogP contribution in [0.2, 0.25) is 0 Å². The van der Waals surface area contributed by atoms with Gasteiger partial charge in [0.1, 0.15) is 12.2 Å². The van der Waals surface area contributed by atoms with Crippen LogP contribution in [0.5, 0.6) is 0 Å². The first kappa shape index (κ1) is 52.1. The van der Waals surface area contributed by atoms with Gasteiger partial charge < -0.3 is 28.4 Å². The predicted molar refractivity (Wildman–Crippen MR) is 262 cm³/mol. The number of ether oxygens (including phenoxy) is 6. The standard InChI is InChI=1S/C58H94O10/c1-35(13-23-53(61)63-9)45-19-21-47-43-17-15-39-31-41(25-27-55(39,5)49(43)33-51(57(45,47)7)67-37(3)59)65-29-11-12-30-66-42-26-28-56(6)40(32-42)16-18-44-48-22-20-46(36(2)14-24-54(62)64-10)58(48,8)52(34-50(44)56)68-38(4)60/h35-36,39-52H,11-34H2,1-10H3/t35-,36-,39-,40-,41+,42+,43?,44?,45-,46-,47?,48?,49?,50?,51+,52+,55+,56+,57-,58-/m1/s1. The summed E-state index contributed by atoms with van der Waals surface area (Å²) in [7, 11) is 2.95. The minimum atomic E-state index is -0.158. The molecule has 386 valence electrons. The van der Waals surface area contributed by atoms with Crippen LogP contribution in [-0.2, 0) is 47.6 Å². The number of carbonyl (C=O) groups excluding carboxylic acids is 4. The summed E-state index contributed by atoms with van der Waals surface area (Å²) in [6.45, 7) is 19.4.